The predicted molar refractivity (Wildman–Crippen MR) is 96.4 cm³/mol. The maximum absolute atomic E-state index is 11.3. The molecule has 1 aliphatic carbocycles. The van der Waals surface area contributed by atoms with Crippen molar-refractivity contribution >= 4 is 11.9 Å². The normalized spacial score (nSPS) is 23.0. The molecule has 9 nitrogen and oxygen atoms in total. The summed E-state index contributed by atoms with van der Waals surface area (Å²) in [4.78, 5) is 24.6. The van der Waals surface area contributed by atoms with Gasteiger partial charge in [0.15, 0.2) is 0 Å². The van der Waals surface area contributed by atoms with E-state index in [1.165, 1.54) is 32.1 Å². The van der Waals surface area contributed by atoms with Crippen LogP contribution in [0.25, 0.3) is 0 Å². The molecular formula is C19H27N3O6. The Labute approximate surface area is 163 Å². The molecular weight excluding hydrogens is 366 g/mol. The summed E-state index contributed by atoms with van der Waals surface area (Å²) in [6.45, 7) is 2.65. The number of rotatable bonds is 7. The van der Waals surface area contributed by atoms with Crippen LogP contribution in [-0.2, 0) is 23.8 Å². The van der Waals surface area contributed by atoms with Gasteiger partial charge in [0.2, 0.25) is 5.88 Å². The molecule has 1 aromatic rings. The van der Waals surface area contributed by atoms with Crippen LogP contribution in [0.5, 0.6) is 5.88 Å². The molecule has 2 saturated heterocycles. The molecule has 0 radical (unpaired) electrons. The highest BCUT2D eigenvalue weighted by atomic mass is 16.9. The van der Waals surface area contributed by atoms with Crippen molar-refractivity contribution in [3.05, 3.63) is 12.3 Å². The highest BCUT2D eigenvalue weighted by Crippen LogP contribution is 2.28. The Morgan fingerprint density at radius 3 is 2.71 bits per heavy atom. The Kier molecular flexibility index (Phi) is 5.82. The topological polar surface area (TPSA) is 92.1 Å². The highest BCUT2D eigenvalue weighted by Gasteiger charge is 2.52. The highest BCUT2D eigenvalue weighted by molar-refractivity contribution is 6.31. The summed E-state index contributed by atoms with van der Waals surface area (Å²) in [6.07, 6.45) is 10.1. The summed E-state index contributed by atoms with van der Waals surface area (Å²) in [6, 6.07) is 2.45. The van der Waals surface area contributed by atoms with Crippen LogP contribution >= 0.6 is 0 Å². The Bertz CT molecular complexity index is 684. The molecule has 0 N–H and O–H groups in total. The number of nitrogens with zero attached hydrogens (tertiary/aromatic N) is 3. The fourth-order valence-corrected chi connectivity index (χ4v) is 3.99. The number of carbonyl (C=O) groups excluding carboxylic acids is 2. The Balaban J connectivity index is 1.15. The van der Waals surface area contributed by atoms with Crippen molar-refractivity contribution in [1.29, 1.82) is 0 Å². The van der Waals surface area contributed by atoms with Gasteiger partial charge < -0.3 is 18.9 Å². The fourth-order valence-electron chi connectivity index (χ4n) is 3.99. The van der Waals surface area contributed by atoms with Gasteiger partial charge >= 0.3 is 17.9 Å². The summed E-state index contributed by atoms with van der Waals surface area (Å²) in [5, 5.41) is 4.55. The van der Waals surface area contributed by atoms with E-state index in [1.54, 1.807) is 0 Å². The summed E-state index contributed by atoms with van der Waals surface area (Å²) in [5.41, 5.74) is 0. The van der Waals surface area contributed by atoms with Crippen LogP contribution < -0.4 is 4.74 Å². The third-order valence-electron chi connectivity index (χ3n) is 5.46. The molecule has 3 heterocycles. The van der Waals surface area contributed by atoms with Gasteiger partial charge in [-0.05, 0) is 32.2 Å². The predicted octanol–water partition coefficient (Wildman–Crippen LogP) is 1.63. The maximum Gasteiger partial charge on any atom is 0.422 e. The van der Waals surface area contributed by atoms with Crippen LogP contribution in [0.3, 0.4) is 0 Å². The third-order valence-corrected chi connectivity index (χ3v) is 5.46. The molecule has 1 aromatic heterocycles. The second kappa shape index (κ2) is 8.48. The molecule has 4 rings (SSSR count). The lowest BCUT2D eigenvalue weighted by molar-refractivity contribution is -0.338. The van der Waals surface area contributed by atoms with E-state index < -0.39 is 17.9 Å². The molecule has 9 heteroatoms. The monoisotopic (exact) mass is 393 g/mol. The van der Waals surface area contributed by atoms with Gasteiger partial charge in [0.1, 0.15) is 6.54 Å². The van der Waals surface area contributed by atoms with E-state index in [1.807, 2.05) is 16.9 Å². The Morgan fingerprint density at radius 2 is 1.93 bits per heavy atom. The van der Waals surface area contributed by atoms with Crippen LogP contribution in [0, 0.1) is 0 Å². The molecule has 0 aromatic carbocycles. The van der Waals surface area contributed by atoms with Crippen LogP contribution in [0.2, 0.25) is 0 Å². The number of ether oxygens (including phenoxy) is 4. The summed E-state index contributed by atoms with van der Waals surface area (Å²) in [5.74, 6) is -2.87. The number of hydrogen-bond acceptors (Lipinski definition) is 8. The lowest BCUT2D eigenvalue weighted by Gasteiger charge is -2.36. The smallest absolute Gasteiger partial charge is 0.422 e. The molecule has 1 saturated carbocycles. The van der Waals surface area contributed by atoms with Gasteiger partial charge in [-0.25, -0.2) is 9.59 Å². The lowest BCUT2D eigenvalue weighted by Crippen LogP contribution is -2.53. The van der Waals surface area contributed by atoms with E-state index in [9.17, 15) is 9.59 Å². The van der Waals surface area contributed by atoms with Gasteiger partial charge in [-0.15, -0.1) is 5.10 Å². The van der Waals surface area contributed by atoms with Crippen molar-refractivity contribution in [3.63, 3.8) is 0 Å². The summed E-state index contributed by atoms with van der Waals surface area (Å²) >= 11 is 0. The first kappa shape index (κ1) is 19.2. The molecule has 1 spiro atoms. The Hall–Kier alpha value is -2.13. The standard InChI is InChI=1S/C19H27N3O6/c23-17-18(24)28-19(27-17)14-21(11-13-26-19)9-4-5-12-25-16-8-10-22(20-16)15-6-2-1-3-7-15/h8,10,15H,1-7,9,11-14H2. The average molecular weight is 393 g/mol. The summed E-state index contributed by atoms with van der Waals surface area (Å²) < 4.78 is 23.1. The van der Waals surface area contributed by atoms with Crippen LogP contribution in [0.1, 0.15) is 51.0 Å². The van der Waals surface area contributed by atoms with Gasteiger partial charge in [0.25, 0.3) is 0 Å². The first-order chi connectivity index (χ1) is 13.6. The van der Waals surface area contributed by atoms with Crippen LogP contribution in [0.4, 0.5) is 0 Å². The van der Waals surface area contributed by atoms with Crippen molar-refractivity contribution in [2.75, 3.05) is 32.8 Å². The van der Waals surface area contributed by atoms with E-state index in [2.05, 4.69) is 10.00 Å². The van der Waals surface area contributed by atoms with E-state index in [4.69, 9.17) is 18.9 Å². The number of morpholine rings is 1. The number of esters is 2. The minimum atomic E-state index is -1.56. The van der Waals surface area contributed by atoms with E-state index >= 15 is 0 Å². The van der Waals surface area contributed by atoms with Crippen LogP contribution in [0.15, 0.2) is 12.3 Å². The Morgan fingerprint density at radius 1 is 1.14 bits per heavy atom. The van der Waals surface area contributed by atoms with E-state index in [0.717, 1.165) is 19.4 Å². The molecule has 3 fully saturated rings. The SMILES string of the molecule is O=C1OC2(CN(CCCCOc3ccn(C4CCCCC4)n3)CCO2)OC1=O. The minimum absolute atomic E-state index is 0.233. The summed E-state index contributed by atoms with van der Waals surface area (Å²) in [7, 11) is 0. The van der Waals surface area contributed by atoms with Gasteiger partial charge in [-0.1, -0.05) is 19.3 Å². The maximum atomic E-state index is 11.3. The van der Waals surface area contributed by atoms with E-state index in [0.29, 0.717) is 31.7 Å². The largest absolute Gasteiger partial charge is 0.477 e. The molecule has 3 aliphatic rings. The van der Waals surface area contributed by atoms with Gasteiger partial charge in [0.05, 0.1) is 19.3 Å². The fraction of sp³-hybridized carbons (Fsp3) is 0.737. The molecule has 0 bridgehead atoms. The second-order valence-corrected chi connectivity index (χ2v) is 7.57. The quantitative estimate of drug-likeness (QED) is 0.392. The molecule has 0 atom stereocenters. The number of aromatic nitrogens is 2. The van der Waals surface area contributed by atoms with Gasteiger partial charge in [-0.3, -0.25) is 9.58 Å². The second-order valence-electron chi connectivity index (χ2n) is 7.57. The van der Waals surface area contributed by atoms with Crippen molar-refractivity contribution in [2.45, 2.75) is 57.0 Å². The molecule has 0 unspecified atom stereocenters. The molecule has 154 valence electrons. The number of unbranched alkanes of at least 4 members (excludes halogenated alkanes) is 1. The molecule has 28 heavy (non-hydrogen) atoms. The third kappa shape index (κ3) is 4.47. The lowest BCUT2D eigenvalue weighted by atomic mass is 9.96. The zero-order valence-electron chi connectivity index (χ0n) is 16.0. The first-order valence-electron chi connectivity index (χ1n) is 10.1. The van der Waals surface area contributed by atoms with Crippen molar-refractivity contribution in [2.24, 2.45) is 0 Å². The van der Waals surface area contributed by atoms with Crippen molar-refractivity contribution in [3.8, 4) is 5.88 Å². The van der Waals surface area contributed by atoms with Gasteiger partial charge in [0, 0.05) is 18.8 Å². The van der Waals surface area contributed by atoms with Crippen molar-refractivity contribution < 1.29 is 28.5 Å². The molecule has 2 aliphatic heterocycles. The first-order valence-corrected chi connectivity index (χ1v) is 10.1. The van der Waals surface area contributed by atoms with Crippen LogP contribution in [-0.4, -0.2) is 65.4 Å². The minimum Gasteiger partial charge on any atom is -0.477 e. The number of carbonyl (C=O) groups is 2. The van der Waals surface area contributed by atoms with Crippen molar-refractivity contribution in [1.82, 2.24) is 14.7 Å². The van der Waals surface area contributed by atoms with E-state index in [-0.39, 0.29) is 6.54 Å². The average Bonchev–Trinajstić information content (AvgIpc) is 3.27. The van der Waals surface area contributed by atoms with Gasteiger partial charge in [-0.2, -0.15) is 0 Å². The number of hydrogen-bond donors (Lipinski definition) is 0. The zero-order chi connectivity index (χ0) is 19.4. The zero-order valence-corrected chi connectivity index (χ0v) is 16.0. The molecule has 0 amide bonds.